The number of benzene rings is 3. The second-order valence-corrected chi connectivity index (χ2v) is 6.18. The van der Waals surface area contributed by atoms with Gasteiger partial charge in [0.1, 0.15) is 19.0 Å². The fourth-order valence-corrected chi connectivity index (χ4v) is 2.40. The van der Waals surface area contributed by atoms with Gasteiger partial charge in [0.05, 0.1) is 0 Å². The van der Waals surface area contributed by atoms with Gasteiger partial charge in [0.15, 0.2) is 11.5 Å². The molecule has 0 atom stereocenters. The van der Waals surface area contributed by atoms with E-state index in [2.05, 4.69) is 19.1 Å². The SMILES string of the molecule is Cc1ccc(COc2ccc(O)c(OCc3ccc(C)cc3)c2)cc1. The van der Waals surface area contributed by atoms with E-state index in [1.165, 1.54) is 11.1 Å². The highest BCUT2D eigenvalue weighted by molar-refractivity contribution is 5.44. The van der Waals surface area contributed by atoms with Crippen molar-refractivity contribution in [1.82, 2.24) is 0 Å². The molecule has 3 heteroatoms. The highest BCUT2D eigenvalue weighted by Gasteiger charge is 2.06. The first-order valence-electron chi connectivity index (χ1n) is 8.30. The van der Waals surface area contributed by atoms with Gasteiger partial charge in [-0.15, -0.1) is 0 Å². The van der Waals surface area contributed by atoms with Gasteiger partial charge in [-0.05, 0) is 37.1 Å². The highest BCUT2D eigenvalue weighted by atomic mass is 16.5. The minimum atomic E-state index is 0.106. The van der Waals surface area contributed by atoms with Crippen LogP contribution in [0.5, 0.6) is 17.2 Å². The summed E-state index contributed by atoms with van der Waals surface area (Å²) >= 11 is 0. The molecule has 0 heterocycles. The predicted molar refractivity (Wildman–Crippen MR) is 99.1 cm³/mol. The van der Waals surface area contributed by atoms with Crippen molar-refractivity contribution in [2.45, 2.75) is 27.1 Å². The average molecular weight is 334 g/mol. The number of aromatic hydroxyl groups is 1. The molecule has 0 unspecified atom stereocenters. The Balaban J connectivity index is 1.63. The normalized spacial score (nSPS) is 10.5. The van der Waals surface area contributed by atoms with E-state index in [1.807, 2.05) is 43.3 Å². The molecule has 0 aliphatic rings. The van der Waals surface area contributed by atoms with Gasteiger partial charge in [-0.25, -0.2) is 0 Å². The van der Waals surface area contributed by atoms with Crippen molar-refractivity contribution >= 4 is 0 Å². The van der Waals surface area contributed by atoms with Crippen LogP contribution >= 0.6 is 0 Å². The summed E-state index contributed by atoms with van der Waals surface area (Å²) in [4.78, 5) is 0. The molecular weight excluding hydrogens is 312 g/mol. The first-order valence-corrected chi connectivity index (χ1v) is 8.30. The zero-order chi connectivity index (χ0) is 17.6. The summed E-state index contributed by atoms with van der Waals surface area (Å²) in [6, 6.07) is 21.4. The molecule has 0 amide bonds. The standard InChI is InChI=1S/C22H22O3/c1-16-3-7-18(8-4-16)14-24-20-11-12-21(23)22(13-20)25-15-19-9-5-17(2)6-10-19/h3-13,23H,14-15H2,1-2H3. The fourth-order valence-electron chi connectivity index (χ4n) is 2.40. The summed E-state index contributed by atoms with van der Waals surface area (Å²) < 4.78 is 11.5. The molecule has 0 saturated carbocycles. The third kappa shape index (κ3) is 4.77. The van der Waals surface area contributed by atoms with Crippen LogP contribution in [0.4, 0.5) is 0 Å². The molecule has 3 aromatic rings. The predicted octanol–water partition coefficient (Wildman–Crippen LogP) is 5.17. The quantitative estimate of drug-likeness (QED) is 0.676. The number of phenolic OH excluding ortho intramolecular Hbond substituents is 1. The molecule has 0 radical (unpaired) electrons. The molecule has 3 rings (SSSR count). The van der Waals surface area contributed by atoms with Crippen molar-refractivity contribution in [3.63, 3.8) is 0 Å². The van der Waals surface area contributed by atoms with Crippen LogP contribution in [0.1, 0.15) is 22.3 Å². The third-order valence-corrected chi connectivity index (χ3v) is 3.97. The molecule has 0 bridgehead atoms. The summed E-state index contributed by atoms with van der Waals surface area (Å²) in [5.41, 5.74) is 4.58. The van der Waals surface area contributed by atoms with Crippen LogP contribution in [-0.2, 0) is 13.2 Å². The van der Waals surface area contributed by atoms with E-state index in [1.54, 1.807) is 18.2 Å². The van der Waals surface area contributed by atoms with E-state index in [4.69, 9.17) is 9.47 Å². The maximum absolute atomic E-state index is 9.99. The number of phenols is 1. The van der Waals surface area contributed by atoms with E-state index < -0.39 is 0 Å². The first-order chi connectivity index (χ1) is 12.1. The number of hydrogen-bond donors (Lipinski definition) is 1. The Morgan fingerprint density at radius 3 is 1.76 bits per heavy atom. The largest absolute Gasteiger partial charge is 0.504 e. The van der Waals surface area contributed by atoms with Crippen LogP contribution in [0.25, 0.3) is 0 Å². The molecule has 0 spiro atoms. The van der Waals surface area contributed by atoms with Crippen LogP contribution in [0, 0.1) is 13.8 Å². The third-order valence-electron chi connectivity index (χ3n) is 3.97. The van der Waals surface area contributed by atoms with Crippen molar-refractivity contribution in [1.29, 1.82) is 0 Å². The highest BCUT2D eigenvalue weighted by Crippen LogP contribution is 2.31. The van der Waals surface area contributed by atoms with Crippen LogP contribution in [-0.4, -0.2) is 5.11 Å². The van der Waals surface area contributed by atoms with Crippen LogP contribution in [0.15, 0.2) is 66.7 Å². The topological polar surface area (TPSA) is 38.7 Å². The molecular formula is C22H22O3. The molecule has 0 aromatic heterocycles. The summed E-state index contributed by atoms with van der Waals surface area (Å²) in [5.74, 6) is 1.19. The van der Waals surface area contributed by atoms with E-state index in [0.29, 0.717) is 24.7 Å². The molecule has 128 valence electrons. The fraction of sp³-hybridized carbons (Fsp3) is 0.182. The van der Waals surface area contributed by atoms with Crippen molar-refractivity contribution in [3.05, 3.63) is 89.0 Å². The van der Waals surface area contributed by atoms with Gasteiger partial charge in [-0.2, -0.15) is 0 Å². The van der Waals surface area contributed by atoms with Gasteiger partial charge in [0.25, 0.3) is 0 Å². The number of hydrogen-bond acceptors (Lipinski definition) is 3. The monoisotopic (exact) mass is 334 g/mol. The summed E-state index contributed by atoms with van der Waals surface area (Å²) in [7, 11) is 0. The second-order valence-electron chi connectivity index (χ2n) is 6.18. The van der Waals surface area contributed by atoms with Crippen LogP contribution in [0.3, 0.4) is 0 Å². The molecule has 0 aliphatic carbocycles. The maximum atomic E-state index is 9.99. The Morgan fingerprint density at radius 1 is 0.680 bits per heavy atom. The summed E-state index contributed by atoms with van der Waals surface area (Å²) in [5, 5.41) is 9.99. The van der Waals surface area contributed by atoms with E-state index >= 15 is 0 Å². The molecule has 0 aliphatic heterocycles. The average Bonchev–Trinajstić information content (AvgIpc) is 2.62. The van der Waals surface area contributed by atoms with Crippen molar-refractivity contribution < 1.29 is 14.6 Å². The Hall–Kier alpha value is -2.94. The number of rotatable bonds is 6. The van der Waals surface area contributed by atoms with E-state index in [0.717, 1.165) is 11.1 Å². The minimum absolute atomic E-state index is 0.106. The second kappa shape index (κ2) is 7.75. The molecule has 0 saturated heterocycles. The Kier molecular flexibility index (Phi) is 5.24. The van der Waals surface area contributed by atoms with Gasteiger partial charge < -0.3 is 14.6 Å². The molecule has 3 nitrogen and oxygen atoms in total. The van der Waals surface area contributed by atoms with Crippen LogP contribution in [0.2, 0.25) is 0 Å². The van der Waals surface area contributed by atoms with E-state index in [9.17, 15) is 5.11 Å². The van der Waals surface area contributed by atoms with Gasteiger partial charge in [-0.1, -0.05) is 59.7 Å². The molecule has 0 fully saturated rings. The maximum Gasteiger partial charge on any atom is 0.165 e. The summed E-state index contributed by atoms with van der Waals surface area (Å²) in [6.07, 6.45) is 0. The van der Waals surface area contributed by atoms with Gasteiger partial charge in [0.2, 0.25) is 0 Å². The zero-order valence-electron chi connectivity index (χ0n) is 14.5. The summed E-state index contributed by atoms with van der Waals surface area (Å²) in [6.45, 7) is 4.98. The smallest absolute Gasteiger partial charge is 0.165 e. The zero-order valence-corrected chi connectivity index (χ0v) is 14.5. The first kappa shape index (κ1) is 16.9. The van der Waals surface area contributed by atoms with Crippen molar-refractivity contribution in [2.24, 2.45) is 0 Å². The number of ether oxygens (including phenoxy) is 2. The Labute approximate surface area is 148 Å². The lowest BCUT2D eigenvalue weighted by Gasteiger charge is -2.11. The van der Waals surface area contributed by atoms with Crippen molar-refractivity contribution in [3.8, 4) is 17.2 Å². The molecule has 1 N–H and O–H groups in total. The lowest BCUT2D eigenvalue weighted by Crippen LogP contribution is -1.98. The molecule has 25 heavy (non-hydrogen) atoms. The lowest BCUT2D eigenvalue weighted by atomic mass is 10.2. The van der Waals surface area contributed by atoms with Crippen LogP contribution < -0.4 is 9.47 Å². The molecule has 3 aromatic carbocycles. The number of aryl methyl sites for hydroxylation is 2. The minimum Gasteiger partial charge on any atom is -0.504 e. The van der Waals surface area contributed by atoms with Crippen molar-refractivity contribution in [2.75, 3.05) is 0 Å². The van der Waals surface area contributed by atoms with E-state index in [-0.39, 0.29) is 5.75 Å². The Morgan fingerprint density at radius 2 is 1.20 bits per heavy atom. The lowest BCUT2D eigenvalue weighted by molar-refractivity contribution is 0.278. The van der Waals surface area contributed by atoms with Gasteiger partial charge in [-0.3, -0.25) is 0 Å². The van der Waals surface area contributed by atoms with Gasteiger partial charge in [0, 0.05) is 6.07 Å². The van der Waals surface area contributed by atoms with Gasteiger partial charge >= 0.3 is 0 Å². The Bertz CT molecular complexity index is 821.